The first kappa shape index (κ1) is 7.06. The molecule has 0 N–H and O–H groups in total. The topological polar surface area (TPSA) is 0 Å². The van der Waals surface area contributed by atoms with Crippen molar-refractivity contribution in [2.75, 3.05) is 5.75 Å². The molecule has 1 aliphatic rings. The van der Waals surface area contributed by atoms with Gasteiger partial charge in [-0.05, 0) is 5.41 Å². The van der Waals surface area contributed by atoms with Crippen LogP contribution in [0.15, 0.2) is 11.5 Å². The van der Waals surface area contributed by atoms with Gasteiger partial charge in [0, 0.05) is 25.2 Å². The third-order valence-electron chi connectivity index (χ3n) is 0.384. The summed E-state index contributed by atoms with van der Waals surface area (Å²) >= 11 is 0. The predicted octanol–water partition coefficient (Wildman–Crippen LogP) is 1.89. The molecule has 36 valence electrons. The van der Waals surface area contributed by atoms with Crippen molar-refractivity contribution in [1.29, 1.82) is 0 Å². The number of hydrogen-bond acceptors (Lipinski definition) is 2. The molecule has 1 heterocycles. The number of hydrogen-bond donors (Lipinski definition) is 0. The van der Waals surface area contributed by atoms with Crippen LogP contribution in [0.2, 0.25) is 0 Å². The quantitative estimate of drug-likeness (QED) is 0.437. The Hall–Kier alpha value is 1.06. The number of rotatable bonds is 0. The molecule has 0 bridgehead atoms. The molecule has 0 nitrogen and oxygen atoms in total. The summed E-state index contributed by atoms with van der Waals surface area (Å²) in [6.45, 7) is 0. The van der Waals surface area contributed by atoms with Gasteiger partial charge in [0.1, 0.15) is 0 Å². The predicted molar refractivity (Wildman–Crippen MR) is 29.2 cm³/mol. The minimum atomic E-state index is 0. The molecule has 0 radical (unpaired) electrons. The zero-order chi connectivity index (χ0) is 3.54. The average Bonchev–Trinajstić information content (AvgIpc) is 1.76. The molecule has 0 saturated heterocycles. The van der Waals surface area contributed by atoms with Gasteiger partial charge in [0.25, 0.3) is 0 Å². The summed E-state index contributed by atoms with van der Waals surface area (Å²) in [5, 5.41) is 2.12. The van der Waals surface area contributed by atoms with E-state index >= 15 is 0 Å². The molecular weight excluding hydrogens is 201 g/mol. The van der Waals surface area contributed by atoms with E-state index in [1.54, 1.807) is 0 Å². The summed E-state index contributed by atoms with van der Waals surface area (Å²) < 4.78 is 0. The third kappa shape index (κ3) is 2.27. The van der Waals surface area contributed by atoms with E-state index in [2.05, 4.69) is 11.5 Å². The largest absolute Gasteiger partial charge is 0.0854 e. The van der Waals surface area contributed by atoms with Gasteiger partial charge < -0.3 is 0 Å². The molecule has 3 heteroatoms. The second kappa shape index (κ2) is 4.23. The van der Waals surface area contributed by atoms with Gasteiger partial charge in [0.15, 0.2) is 0 Å². The van der Waals surface area contributed by atoms with Crippen molar-refractivity contribution in [3.63, 3.8) is 0 Å². The van der Waals surface area contributed by atoms with Crippen molar-refractivity contribution in [1.82, 2.24) is 0 Å². The second-order valence-electron chi connectivity index (χ2n) is 0.753. The van der Waals surface area contributed by atoms with E-state index in [9.17, 15) is 0 Å². The van der Waals surface area contributed by atoms with E-state index in [0.717, 1.165) is 0 Å². The molecule has 0 aromatic carbocycles. The first-order valence-electron chi connectivity index (χ1n) is 1.43. The van der Waals surface area contributed by atoms with Gasteiger partial charge in [0.2, 0.25) is 0 Å². The molecule has 0 aromatic heterocycles. The summed E-state index contributed by atoms with van der Waals surface area (Å²) in [6, 6.07) is 0. The third-order valence-corrected chi connectivity index (χ3v) is 2.30. The van der Waals surface area contributed by atoms with Gasteiger partial charge >= 0.3 is 0 Å². The monoisotopic (exact) mass is 206 g/mol. The van der Waals surface area contributed by atoms with Crippen LogP contribution in [-0.2, 0) is 19.5 Å². The van der Waals surface area contributed by atoms with E-state index < -0.39 is 0 Å². The molecule has 0 saturated carbocycles. The van der Waals surface area contributed by atoms with E-state index in [1.165, 1.54) is 5.75 Å². The van der Waals surface area contributed by atoms with Crippen molar-refractivity contribution >= 4 is 21.6 Å². The van der Waals surface area contributed by atoms with Crippen LogP contribution >= 0.6 is 21.6 Å². The fraction of sp³-hybridized carbons (Fsp3) is 0.333. The molecule has 0 spiro atoms. The molecule has 0 amide bonds. The molecule has 6 heavy (non-hydrogen) atoms. The molecule has 0 fully saturated rings. The van der Waals surface area contributed by atoms with Crippen molar-refractivity contribution in [3.05, 3.63) is 11.5 Å². The summed E-state index contributed by atoms with van der Waals surface area (Å²) in [4.78, 5) is 0. The van der Waals surface area contributed by atoms with Crippen LogP contribution in [0.5, 0.6) is 0 Å². The minimum absolute atomic E-state index is 0. The average molecular weight is 205 g/mol. The van der Waals surface area contributed by atoms with E-state index in [0.29, 0.717) is 0 Å². The van der Waals surface area contributed by atoms with Gasteiger partial charge in [-0.1, -0.05) is 27.7 Å². The smallest absolute Gasteiger partial charge is 0.0229 e. The van der Waals surface area contributed by atoms with E-state index in [-0.39, 0.29) is 19.5 Å². The fourth-order valence-electron chi connectivity index (χ4n) is 0.196. The Bertz CT molecular complexity index is 46.8. The van der Waals surface area contributed by atoms with Crippen LogP contribution in [0.25, 0.3) is 0 Å². The Morgan fingerprint density at radius 1 is 1.50 bits per heavy atom. The zero-order valence-electron chi connectivity index (χ0n) is 3.03. The minimum Gasteiger partial charge on any atom is -0.0854 e. The molecule has 0 aliphatic carbocycles. The van der Waals surface area contributed by atoms with Crippen molar-refractivity contribution in [2.45, 2.75) is 0 Å². The van der Waals surface area contributed by atoms with Gasteiger partial charge in [-0.3, -0.25) is 0 Å². The standard InChI is InChI=1S/C3H4S2.Ru/c1-2-4-5-3-1;/h1-2H,3H2;. The van der Waals surface area contributed by atoms with Crippen molar-refractivity contribution in [3.8, 4) is 0 Å². The Balaban J connectivity index is 0.000000250. The molecule has 1 rings (SSSR count). The summed E-state index contributed by atoms with van der Waals surface area (Å²) in [7, 11) is 3.69. The van der Waals surface area contributed by atoms with Crippen LogP contribution in [0.4, 0.5) is 0 Å². The molecule has 1 aliphatic heterocycles. The molecule has 0 aromatic rings. The van der Waals surface area contributed by atoms with Crippen LogP contribution in [0, 0.1) is 0 Å². The van der Waals surface area contributed by atoms with E-state index in [1.807, 2.05) is 21.6 Å². The Kier molecular flexibility index (Phi) is 4.98. The van der Waals surface area contributed by atoms with Gasteiger partial charge in [-0.2, -0.15) is 0 Å². The Labute approximate surface area is 58.3 Å². The van der Waals surface area contributed by atoms with Crippen molar-refractivity contribution < 1.29 is 19.5 Å². The Morgan fingerprint density at radius 3 is 2.50 bits per heavy atom. The second-order valence-corrected chi connectivity index (χ2v) is 3.07. The summed E-state index contributed by atoms with van der Waals surface area (Å²) in [5.41, 5.74) is 0. The molecular formula is C3H4RuS2. The van der Waals surface area contributed by atoms with E-state index in [4.69, 9.17) is 0 Å². The summed E-state index contributed by atoms with van der Waals surface area (Å²) in [5.74, 6) is 1.20. The first-order valence-corrected chi connectivity index (χ1v) is 3.81. The fourth-order valence-corrected chi connectivity index (χ4v) is 1.77. The van der Waals surface area contributed by atoms with Gasteiger partial charge in [-0.15, -0.1) is 0 Å². The normalized spacial score (nSPS) is 17.3. The Morgan fingerprint density at radius 2 is 2.33 bits per heavy atom. The van der Waals surface area contributed by atoms with Crippen LogP contribution < -0.4 is 0 Å². The van der Waals surface area contributed by atoms with Gasteiger partial charge in [0.05, 0.1) is 0 Å². The first-order chi connectivity index (χ1) is 2.50. The zero-order valence-corrected chi connectivity index (χ0v) is 6.40. The van der Waals surface area contributed by atoms with Crippen molar-refractivity contribution in [2.24, 2.45) is 0 Å². The maximum absolute atomic E-state index is 2.16. The molecule has 0 unspecified atom stereocenters. The molecule has 0 atom stereocenters. The maximum Gasteiger partial charge on any atom is 0.0229 e. The van der Waals surface area contributed by atoms with Crippen LogP contribution in [-0.4, -0.2) is 5.75 Å². The van der Waals surface area contributed by atoms with Crippen LogP contribution in [0.3, 0.4) is 0 Å². The summed E-state index contributed by atoms with van der Waals surface area (Å²) in [6.07, 6.45) is 2.16. The SMILES string of the molecule is C1=CSSC1.[Ru]. The van der Waals surface area contributed by atoms with Crippen LogP contribution in [0.1, 0.15) is 0 Å². The van der Waals surface area contributed by atoms with Gasteiger partial charge in [-0.25, -0.2) is 0 Å². The maximum atomic E-state index is 2.16.